The van der Waals surface area contributed by atoms with E-state index in [1.807, 2.05) is 0 Å². The zero-order valence-corrected chi connectivity index (χ0v) is 11.7. The fourth-order valence-electron chi connectivity index (χ4n) is 4.39. The number of rotatable bonds is 5. The van der Waals surface area contributed by atoms with E-state index < -0.39 is 0 Å². The first-order valence-corrected chi connectivity index (χ1v) is 8.08. The second-order valence-electron chi connectivity index (χ2n) is 6.49. The van der Waals surface area contributed by atoms with Crippen molar-refractivity contribution in [2.45, 2.75) is 64.2 Å². The highest BCUT2D eigenvalue weighted by Crippen LogP contribution is 2.40. The first kappa shape index (κ1) is 14.3. The molecule has 2 N–H and O–H groups in total. The zero-order chi connectivity index (χ0) is 12.8. The summed E-state index contributed by atoms with van der Waals surface area (Å²) in [6.07, 6.45) is 13.1. The van der Waals surface area contributed by atoms with Crippen molar-refractivity contribution in [3.63, 3.8) is 0 Å². The van der Waals surface area contributed by atoms with Gasteiger partial charge in [-0.15, -0.1) is 0 Å². The van der Waals surface area contributed by atoms with E-state index in [9.17, 15) is 10.2 Å². The summed E-state index contributed by atoms with van der Waals surface area (Å²) in [5, 5.41) is 19.6. The third-order valence-electron chi connectivity index (χ3n) is 5.48. The van der Waals surface area contributed by atoms with Crippen molar-refractivity contribution < 1.29 is 10.2 Å². The Balaban J connectivity index is 1.97. The summed E-state index contributed by atoms with van der Waals surface area (Å²) in [6, 6.07) is 0. The van der Waals surface area contributed by atoms with Gasteiger partial charge in [0.25, 0.3) is 0 Å². The van der Waals surface area contributed by atoms with E-state index in [0.717, 1.165) is 0 Å². The maximum Gasteiger partial charge on any atom is 0.0465 e. The lowest BCUT2D eigenvalue weighted by Crippen LogP contribution is -2.36. The smallest absolute Gasteiger partial charge is 0.0465 e. The Hall–Kier alpha value is -0.0800. The maximum absolute atomic E-state index is 9.80. The van der Waals surface area contributed by atoms with Crippen LogP contribution in [-0.2, 0) is 0 Å². The second kappa shape index (κ2) is 7.49. The summed E-state index contributed by atoms with van der Waals surface area (Å²) >= 11 is 0. The van der Waals surface area contributed by atoms with E-state index in [-0.39, 0.29) is 13.2 Å². The number of aliphatic hydroxyl groups excluding tert-OH is 2. The van der Waals surface area contributed by atoms with Gasteiger partial charge >= 0.3 is 0 Å². The molecule has 0 unspecified atom stereocenters. The molecule has 2 heteroatoms. The van der Waals surface area contributed by atoms with Crippen LogP contribution in [0.25, 0.3) is 0 Å². The molecule has 2 saturated carbocycles. The summed E-state index contributed by atoms with van der Waals surface area (Å²) in [5.74, 6) is 2.06. The Morgan fingerprint density at radius 3 is 1.22 bits per heavy atom. The van der Waals surface area contributed by atoms with Crippen molar-refractivity contribution in [3.05, 3.63) is 0 Å². The third-order valence-corrected chi connectivity index (χ3v) is 5.48. The van der Waals surface area contributed by atoms with Crippen molar-refractivity contribution in [1.82, 2.24) is 0 Å². The zero-order valence-electron chi connectivity index (χ0n) is 11.7. The Bertz CT molecular complexity index is 193. The Kier molecular flexibility index (Phi) is 5.97. The van der Waals surface area contributed by atoms with Crippen molar-refractivity contribution in [2.24, 2.45) is 23.7 Å². The fraction of sp³-hybridized carbons (Fsp3) is 1.00. The van der Waals surface area contributed by atoms with Crippen LogP contribution in [-0.4, -0.2) is 23.4 Å². The summed E-state index contributed by atoms with van der Waals surface area (Å²) in [4.78, 5) is 0. The minimum atomic E-state index is 0.284. The van der Waals surface area contributed by atoms with Gasteiger partial charge < -0.3 is 10.2 Å². The van der Waals surface area contributed by atoms with Crippen LogP contribution in [0.2, 0.25) is 0 Å². The molecule has 2 fully saturated rings. The van der Waals surface area contributed by atoms with Crippen LogP contribution in [0.3, 0.4) is 0 Å². The number of hydrogen-bond donors (Lipinski definition) is 2. The fourth-order valence-corrected chi connectivity index (χ4v) is 4.39. The lowest BCUT2D eigenvalue weighted by atomic mass is 9.67. The molecule has 18 heavy (non-hydrogen) atoms. The largest absolute Gasteiger partial charge is 0.396 e. The predicted octanol–water partition coefficient (Wildman–Crippen LogP) is 3.36. The van der Waals surface area contributed by atoms with E-state index in [1.165, 1.54) is 64.2 Å². The van der Waals surface area contributed by atoms with Crippen LogP contribution in [0.15, 0.2) is 0 Å². The van der Waals surface area contributed by atoms with Gasteiger partial charge in [0.05, 0.1) is 0 Å². The first-order chi connectivity index (χ1) is 8.86. The topological polar surface area (TPSA) is 40.5 Å². The highest BCUT2D eigenvalue weighted by Gasteiger charge is 2.34. The van der Waals surface area contributed by atoms with Gasteiger partial charge in [-0.3, -0.25) is 0 Å². The van der Waals surface area contributed by atoms with Crippen LogP contribution in [0.1, 0.15) is 64.2 Å². The maximum atomic E-state index is 9.80. The summed E-state index contributed by atoms with van der Waals surface area (Å²) in [7, 11) is 0. The average Bonchev–Trinajstić information content (AvgIpc) is 2.46. The molecule has 2 rings (SSSR count). The van der Waals surface area contributed by atoms with Crippen LogP contribution >= 0.6 is 0 Å². The first-order valence-electron chi connectivity index (χ1n) is 8.08. The molecule has 0 radical (unpaired) electrons. The lowest BCUT2D eigenvalue weighted by Gasteiger charge is -2.39. The summed E-state index contributed by atoms with van der Waals surface area (Å²) in [5.41, 5.74) is 0. The molecule has 0 spiro atoms. The predicted molar refractivity (Wildman–Crippen MR) is 74.3 cm³/mol. The molecule has 2 atom stereocenters. The van der Waals surface area contributed by atoms with Gasteiger partial charge in [0.2, 0.25) is 0 Å². The third kappa shape index (κ3) is 3.48. The number of hydrogen-bond acceptors (Lipinski definition) is 2. The Morgan fingerprint density at radius 1 is 0.611 bits per heavy atom. The minimum Gasteiger partial charge on any atom is -0.396 e. The van der Waals surface area contributed by atoms with Gasteiger partial charge in [-0.05, 0) is 23.7 Å². The molecule has 106 valence electrons. The molecule has 0 aromatic heterocycles. The van der Waals surface area contributed by atoms with Crippen LogP contribution in [0.5, 0.6) is 0 Å². The standard InChI is InChI=1S/C16H30O2/c17-11-15(13-7-3-1-4-8-13)16(12-18)14-9-5-2-6-10-14/h13-18H,1-12H2/t15-,16+. The molecule has 0 heterocycles. The average molecular weight is 254 g/mol. The normalized spacial score (nSPS) is 27.0. The van der Waals surface area contributed by atoms with Crippen LogP contribution in [0.4, 0.5) is 0 Å². The molecule has 2 aliphatic rings. The summed E-state index contributed by atoms with van der Waals surface area (Å²) < 4.78 is 0. The van der Waals surface area contributed by atoms with Gasteiger partial charge in [0.15, 0.2) is 0 Å². The van der Waals surface area contributed by atoms with E-state index in [2.05, 4.69) is 0 Å². The van der Waals surface area contributed by atoms with E-state index >= 15 is 0 Å². The van der Waals surface area contributed by atoms with Crippen LogP contribution in [0, 0.1) is 23.7 Å². The van der Waals surface area contributed by atoms with Gasteiger partial charge in [-0.2, -0.15) is 0 Å². The molecule has 0 saturated heterocycles. The van der Waals surface area contributed by atoms with E-state index in [0.29, 0.717) is 23.7 Å². The molecule has 2 aliphatic carbocycles. The Morgan fingerprint density at radius 2 is 0.944 bits per heavy atom. The molecule has 0 aromatic rings. The van der Waals surface area contributed by atoms with Gasteiger partial charge in [-0.25, -0.2) is 0 Å². The van der Waals surface area contributed by atoms with Gasteiger partial charge in [0, 0.05) is 13.2 Å². The van der Waals surface area contributed by atoms with Crippen molar-refractivity contribution in [2.75, 3.05) is 13.2 Å². The molecule has 0 aliphatic heterocycles. The SMILES string of the molecule is OC[C@H](C1CCCCC1)[C@@H](CO)C1CCCCC1. The Labute approximate surface area is 112 Å². The highest BCUT2D eigenvalue weighted by molar-refractivity contribution is 4.84. The van der Waals surface area contributed by atoms with Crippen molar-refractivity contribution >= 4 is 0 Å². The monoisotopic (exact) mass is 254 g/mol. The van der Waals surface area contributed by atoms with Crippen LogP contribution < -0.4 is 0 Å². The quantitative estimate of drug-likeness (QED) is 0.790. The molecule has 0 aromatic carbocycles. The van der Waals surface area contributed by atoms with Gasteiger partial charge in [-0.1, -0.05) is 64.2 Å². The summed E-state index contributed by atoms with van der Waals surface area (Å²) in [6.45, 7) is 0.568. The van der Waals surface area contributed by atoms with Crippen molar-refractivity contribution in [1.29, 1.82) is 0 Å². The van der Waals surface area contributed by atoms with E-state index in [1.54, 1.807) is 0 Å². The second-order valence-corrected chi connectivity index (χ2v) is 6.49. The van der Waals surface area contributed by atoms with Crippen molar-refractivity contribution in [3.8, 4) is 0 Å². The minimum absolute atomic E-state index is 0.284. The molecule has 0 amide bonds. The van der Waals surface area contributed by atoms with E-state index in [4.69, 9.17) is 0 Å². The lowest BCUT2D eigenvalue weighted by molar-refractivity contribution is 0.0218. The highest BCUT2D eigenvalue weighted by atomic mass is 16.3. The molecule has 0 bridgehead atoms. The van der Waals surface area contributed by atoms with Gasteiger partial charge in [0.1, 0.15) is 0 Å². The molecule has 2 nitrogen and oxygen atoms in total. The molecular formula is C16H30O2. The molecular weight excluding hydrogens is 224 g/mol. The number of aliphatic hydroxyl groups is 2.